The molecule has 0 saturated carbocycles. The van der Waals surface area contributed by atoms with Gasteiger partial charge in [-0.2, -0.15) is 8.42 Å². The Hall–Kier alpha value is -2.98. The number of aromatic nitrogens is 1. The third-order valence-electron chi connectivity index (χ3n) is 4.18. The lowest BCUT2D eigenvalue weighted by atomic mass is 9.94. The Balaban J connectivity index is 0.000000730. The minimum Gasteiger partial charge on any atom is -0.412 e. The summed E-state index contributed by atoms with van der Waals surface area (Å²) in [5.74, 6) is -1.33. The fourth-order valence-corrected chi connectivity index (χ4v) is 3.05. The van der Waals surface area contributed by atoms with Crippen LogP contribution in [0.2, 0.25) is 0 Å². The van der Waals surface area contributed by atoms with Crippen molar-refractivity contribution in [2.75, 3.05) is 19.5 Å². The number of hydrogen-bond acceptors (Lipinski definition) is 7. The van der Waals surface area contributed by atoms with Gasteiger partial charge in [-0.15, -0.1) is 0 Å². The first-order valence-electron chi connectivity index (χ1n) is 9.93. The molecule has 0 radical (unpaired) electrons. The highest BCUT2D eigenvalue weighted by atomic mass is 32.2. The van der Waals surface area contributed by atoms with E-state index in [2.05, 4.69) is 4.98 Å². The molecule has 1 N–H and O–H groups in total. The lowest BCUT2D eigenvalue weighted by Gasteiger charge is -2.20. The molecule has 0 aliphatic rings. The Bertz CT molecular complexity index is 924. The van der Waals surface area contributed by atoms with Crippen LogP contribution in [0.1, 0.15) is 50.7 Å². The average molecular weight is 467 g/mol. The SMILES string of the molecule is CC(C)c1cccc(C(C)C)c1OC(=O)OCN(C)C(=O)CS(=O)(=O)O.c1ccncc1. The predicted octanol–water partition coefficient (Wildman–Crippen LogP) is 3.83. The summed E-state index contributed by atoms with van der Waals surface area (Å²) in [5.41, 5.74) is 1.70. The maximum Gasteiger partial charge on any atom is 0.515 e. The van der Waals surface area contributed by atoms with E-state index in [1.165, 1.54) is 7.05 Å². The smallest absolute Gasteiger partial charge is 0.412 e. The van der Waals surface area contributed by atoms with Crippen molar-refractivity contribution in [2.24, 2.45) is 0 Å². The summed E-state index contributed by atoms with van der Waals surface area (Å²) in [4.78, 5) is 28.2. The van der Waals surface area contributed by atoms with E-state index in [4.69, 9.17) is 14.0 Å². The molecule has 10 heteroatoms. The van der Waals surface area contributed by atoms with Crippen LogP contribution < -0.4 is 4.74 Å². The summed E-state index contributed by atoms with van der Waals surface area (Å²) in [7, 11) is -3.21. The van der Waals surface area contributed by atoms with Gasteiger partial charge in [-0.3, -0.25) is 14.3 Å². The average Bonchev–Trinajstić information content (AvgIpc) is 2.72. The lowest BCUT2D eigenvalue weighted by molar-refractivity contribution is -0.130. The molecule has 0 fully saturated rings. The van der Waals surface area contributed by atoms with E-state index < -0.39 is 34.7 Å². The molecule has 0 aliphatic heterocycles. The largest absolute Gasteiger partial charge is 0.515 e. The van der Waals surface area contributed by atoms with Crippen LogP contribution in [-0.2, 0) is 19.6 Å². The first-order valence-corrected chi connectivity index (χ1v) is 11.5. The number of carbonyl (C=O) groups excluding carboxylic acids is 2. The van der Waals surface area contributed by atoms with Crippen LogP contribution in [0.5, 0.6) is 5.75 Å². The fraction of sp³-hybridized carbons (Fsp3) is 0.409. The molecule has 1 amide bonds. The van der Waals surface area contributed by atoms with Gasteiger partial charge in [-0.05, 0) is 35.1 Å². The summed E-state index contributed by atoms with van der Waals surface area (Å²) < 4.78 is 40.3. The molecular weight excluding hydrogens is 436 g/mol. The number of para-hydroxylation sites is 1. The van der Waals surface area contributed by atoms with E-state index in [0.29, 0.717) is 5.75 Å². The molecule has 176 valence electrons. The molecule has 0 unspecified atom stereocenters. The van der Waals surface area contributed by atoms with E-state index in [9.17, 15) is 18.0 Å². The normalized spacial score (nSPS) is 10.9. The summed E-state index contributed by atoms with van der Waals surface area (Å²) in [6, 6.07) is 11.3. The zero-order chi connectivity index (χ0) is 24.3. The number of benzene rings is 1. The molecule has 9 nitrogen and oxygen atoms in total. The summed E-state index contributed by atoms with van der Waals surface area (Å²) >= 11 is 0. The monoisotopic (exact) mass is 466 g/mol. The van der Waals surface area contributed by atoms with Gasteiger partial charge in [0, 0.05) is 19.4 Å². The fourth-order valence-electron chi connectivity index (χ4n) is 2.51. The molecule has 0 bridgehead atoms. The van der Waals surface area contributed by atoms with Gasteiger partial charge in [-0.25, -0.2) is 4.79 Å². The number of carbonyl (C=O) groups is 2. The van der Waals surface area contributed by atoms with Crippen LogP contribution in [0, 0.1) is 0 Å². The molecule has 2 rings (SSSR count). The number of hydrogen-bond donors (Lipinski definition) is 1. The first-order chi connectivity index (χ1) is 14.9. The van der Waals surface area contributed by atoms with Gasteiger partial charge in [0.25, 0.3) is 10.1 Å². The Kier molecular flexibility index (Phi) is 10.8. The maximum atomic E-state index is 12.0. The van der Waals surface area contributed by atoms with E-state index in [1.54, 1.807) is 12.4 Å². The van der Waals surface area contributed by atoms with Crippen LogP contribution in [0.25, 0.3) is 0 Å². The van der Waals surface area contributed by atoms with Crippen LogP contribution in [-0.4, -0.2) is 54.4 Å². The highest BCUT2D eigenvalue weighted by Crippen LogP contribution is 2.34. The molecule has 2 aromatic rings. The molecule has 0 aliphatic carbocycles. The maximum absolute atomic E-state index is 12.0. The zero-order valence-corrected chi connectivity index (χ0v) is 19.7. The van der Waals surface area contributed by atoms with E-state index in [1.807, 2.05) is 64.1 Å². The van der Waals surface area contributed by atoms with Crippen LogP contribution in [0.3, 0.4) is 0 Å². The van der Waals surface area contributed by atoms with E-state index >= 15 is 0 Å². The van der Waals surface area contributed by atoms with Gasteiger partial charge in [0.1, 0.15) is 5.75 Å². The van der Waals surface area contributed by atoms with Crippen LogP contribution in [0.15, 0.2) is 48.8 Å². The summed E-state index contributed by atoms with van der Waals surface area (Å²) in [5, 5.41) is 0. The van der Waals surface area contributed by atoms with Crippen molar-refractivity contribution in [3.8, 4) is 5.75 Å². The number of ether oxygens (including phenoxy) is 2. The predicted molar refractivity (Wildman–Crippen MR) is 120 cm³/mol. The van der Waals surface area contributed by atoms with Crippen molar-refractivity contribution in [3.63, 3.8) is 0 Å². The van der Waals surface area contributed by atoms with E-state index in [0.717, 1.165) is 16.0 Å². The van der Waals surface area contributed by atoms with Gasteiger partial charge < -0.3 is 14.4 Å². The number of rotatable bonds is 7. The molecule has 1 aromatic carbocycles. The van der Waals surface area contributed by atoms with E-state index in [-0.39, 0.29) is 11.8 Å². The third-order valence-corrected chi connectivity index (χ3v) is 4.79. The summed E-state index contributed by atoms with van der Waals surface area (Å²) in [6.45, 7) is 7.38. The Labute approximate surface area is 189 Å². The molecule has 1 aromatic heterocycles. The van der Waals surface area contributed by atoms with Crippen molar-refractivity contribution >= 4 is 22.2 Å². The molecule has 0 spiro atoms. The Morgan fingerprint density at radius 2 is 1.53 bits per heavy atom. The van der Waals surface area contributed by atoms with Crippen molar-refractivity contribution in [1.82, 2.24) is 9.88 Å². The lowest BCUT2D eigenvalue weighted by Crippen LogP contribution is -2.35. The zero-order valence-electron chi connectivity index (χ0n) is 18.9. The minimum absolute atomic E-state index is 0.121. The second kappa shape index (κ2) is 12.8. The van der Waals surface area contributed by atoms with Crippen LogP contribution in [0.4, 0.5) is 4.79 Å². The second-order valence-electron chi connectivity index (χ2n) is 7.54. The first kappa shape index (κ1) is 27.1. The van der Waals surface area contributed by atoms with Gasteiger partial charge >= 0.3 is 6.16 Å². The van der Waals surface area contributed by atoms with Crippen molar-refractivity contribution in [2.45, 2.75) is 39.5 Å². The van der Waals surface area contributed by atoms with Gasteiger partial charge in [0.15, 0.2) is 12.5 Å². The van der Waals surface area contributed by atoms with Gasteiger partial charge in [-0.1, -0.05) is 52.0 Å². The topological polar surface area (TPSA) is 123 Å². The quantitative estimate of drug-likeness (QED) is 0.283. The standard InChI is InChI=1S/C17H25NO7S.C5H5N/c1-11(2)13-7-6-8-14(12(3)4)16(13)25-17(20)24-10-18(5)15(19)9-26(21,22)23;1-2-4-6-5-3-1/h6-8,11-12H,9-10H2,1-5H3,(H,21,22,23);1-5H. The molecule has 1 heterocycles. The highest BCUT2D eigenvalue weighted by molar-refractivity contribution is 7.86. The third kappa shape index (κ3) is 9.88. The van der Waals surface area contributed by atoms with Crippen molar-refractivity contribution in [3.05, 3.63) is 59.9 Å². The molecule has 32 heavy (non-hydrogen) atoms. The number of pyridine rings is 1. The summed E-state index contributed by atoms with van der Waals surface area (Å²) in [6.07, 6.45) is 2.49. The van der Waals surface area contributed by atoms with Crippen LogP contribution >= 0.6 is 0 Å². The number of nitrogens with zero attached hydrogens (tertiary/aromatic N) is 2. The molecule has 0 atom stereocenters. The Morgan fingerprint density at radius 3 is 1.91 bits per heavy atom. The number of amides is 1. The van der Waals surface area contributed by atoms with Gasteiger partial charge in [0.05, 0.1) is 0 Å². The molecular formula is C22H30N2O7S. The molecule has 0 saturated heterocycles. The minimum atomic E-state index is -4.45. The highest BCUT2D eigenvalue weighted by Gasteiger charge is 2.21. The van der Waals surface area contributed by atoms with Gasteiger partial charge in [0.2, 0.25) is 5.91 Å². The van der Waals surface area contributed by atoms with Crippen molar-refractivity contribution in [1.29, 1.82) is 0 Å². The Morgan fingerprint density at radius 1 is 1.00 bits per heavy atom. The second-order valence-corrected chi connectivity index (χ2v) is 9.00. The van der Waals surface area contributed by atoms with Crippen molar-refractivity contribution < 1.29 is 32.0 Å².